The second-order valence-corrected chi connectivity index (χ2v) is 15.1. The van der Waals surface area contributed by atoms with Crippen LogP contribution >= 0.6 is 0 Å². The second-order valence-electron chi connectivity index (χ2n) is 10.4. The van der Waals surface area contributed by atoms with E-state index in [1.165, 1.54) is 0 Å². The van der Waals surface area contributed by atoms with E-state index in [1.807, 2.05) is 54.6 Å². The van der Waals surface area contributed by atoms with Gasteiger partial charge in [0.25, 0.3) is 5.91 Å². The van der Waals surface area contributed by atoms with Gasteiger partial charge in [0.05, 0.1) is 6.04 Å². The fourth-order valence-electron chi connectivity index (χ4n) is 3.65. The van der Waals surface area contributed by atoms with Crippen LogP contribution in [0.5, 0.6) is 0 Å². The molecule has 0 radical (unpaired) electrons. The molecular formula is C28H37NO4Si. The summed E-state index contributed by atoms with van der Waals surface area (Å²) < 4.78 is 12.6. The number of nitrogens with one attached hydrogen (secondary N) is 1. The average Bonchev–Trinajstić information content (AvgIpc) is 2.82. The van der Waals surface area contributed by atoms with Crippen molar-refractivity contribution in [1.82, 2.24) is 5.32 Å². The SMILES string of the molecule is CC(C)(C)[Si](C)(C)O[C@@H](C(=O)OC1C=CCCC1)[C@@H](NC(=O)c1ccccc1)c1ccccc1. The van der Waals surface area contributed by atoms with E-state index in [0.717, 1.165) is 24.8 Å². The zero-order valence-electron chi connectivity index (χ0n) is 20.9. The van der Waals surface area contributed by atoms with Gasteiger partial charge in [0.15, 0.2) is 14.4 Å². The normalized spacial score (nSPS) is 18.1. The molecule has 0 aromatic heterocycles. The van der Waals surface area contributed by atoms with Crippen LogP contribution in [0.2, 0.25) is 18.1 Å². The molecule has 3 atom stereocenters. The van der Waals surface area contributed by atoms with Gasteiger partial charge in [0, 0.05) is 5.56 Å². The van der Waals surface area contributed by atoms with E-state index >= 15 is 0 Å². The first-order valence-corrected chi connectivity index (χ1v) is 15.0. The van der Waals surface area contributed by atoms with Crippen LogP contribution in [0.25, 0.3) is 0 Å². The maximum atomic E-state index is 13.6. The van der Waals surface area contributed by atoms with E-state index in [1.54, 1.807) is 12.1 Å². The molecule has 6 heteroatoms. The number of esters is 1. The maximum absolute atomic E-state index is 13.6. The number of amides is 1. The quantitative estimate of drug-likeness (QED) is 0.278. The predicted molar refractivity (Wildman–Crippen MR) is 138 cm³/mol. The first-order valence-electron chi connectivity index (χ1n) is 12.0. The van der Waals surface area contributed by atoms with Gasteiger partial charge in [-0.05, 0) is 61.2 Å². The highest BCUT2D eigenvalue weighted by Crippen LogP contribution is 2.39. The van der Waals surface area contributed by atoms with Crippen molar-refractivity contribution >= 4 is 20.2 Å². The molecule has 0 saturated heterocycles. The Kier molecular flexibility index (Phi) is 8.50. The summed E-state index contributed by atoms with van der Waals surface area (Å²) in [7, 11) is -2.39. The van der Waals surface area contributed by atoms with Crippen molar-refractivity contribution in [2.45, 2.75) is 76.4 Å². The summed E-state index contributed by atoms with van der Waals surface area (Å²) in [6, 6.07) is 17.8. The van der Waals surface area contributed by atoms with Crippen molar-refractivity contribution in [3.8, 4) is 0 Å². The van der Waals surface area contributed by atoms with Gasteiger partial charge in [-0.15, -0.1) is 0 Å². The number of allylic oxidation sites excluding steroid dienone is 1. The highest BCUT2D eigenvalue weighted by molar-refractivity contribution is 6.74. The molecule has 0 fully saturated rings. The number of hydrogen-bond acceptors (Lipinski definition) is 4. The van der Waals surface area contributed by atoms with Gasteiger partial charge in [-0.25, -0.2) is 4.79 Å². The first-order chi connectivity index (χ1) is 16.1. The molecule has 0 spiro atoms. The van der Waals surface area contributed by atoms with Gasteiger partial charge < -0.3 is 14.5 Å². The lowest BCUT2D eigenvalue weighted by Crippen LogP contribution is -2.52. The molecule has 1 aliphatic carbocycles. The van der Waals surface area contributed by atoms with Crippen molar-refractivity contribution in [2.24, 2.45) is 0 Å². The molecule has 34 heavy (non-hydrogen) atoms. The third-order valence-electron chi connectivity index (χ3n) is 6.72. The number of hydrogen-bond donors (Lipinski definition) is 1. The topological polar surface area (TPSA) is 64.6 Å². The van der Waals surface area contributed by atoms with Crippen LogP contribution in [-0.2, 0) is 14.0 Å². The van der Waals surface area contributed by atoms with Crippen LogP contribution in [0.1, 0.15) is 62.0 Å². The Labute approximate surface area is 204 Å². The molecular weight excluding hydrogens is 442 g/mol. The van der Waals surface area contributed by atoms with Crippen LogP contribution in [0, 0.1) is 0 Å². The minimum absolute atomic E-state index is 0.124. The summed E-state index contributed by atoms with van der Waals surface area (Å²) in [5, 5.41) is 2.96. The van der Waals surface area contributed by atoms with Crippen molar-refractivity contribution < 1.29 is 18.8 Å². The first kappa shape index (κ1) is 25.9. The molecule has 3 rings (SSSR count). The van der Waals surface area contributed by atoms with Gasteiger partial charge in [-0.2, -0.15) is 0 Å². The van der Waals surface area contributed by atoms with Gasteiger partial charge >= 0.3 is 5.97 Å². The number of carbonyl (C=O) groups excluding carboxylic acids is 2. The Balaban J connectivity index is 1.98. The van der Waals surface area contributed by atoms with Crippen LogP contribution < -0.4 is 5.32 Å². The number of ether oxygens (including phenoxy) is 1. The van der Waals surface area contributed by atoms with Gasteiger partial charge in [0.2, 0.25) is 0 Å². The van der Waals surface area contributed by atoms with Crippen molar-refractivity contribution in [2.75, 3.05) is 0 Å². The van der Waals surface area contributed by atoms with Gasteiger partial charge in [0.1, 0.15) is 6.10 Å². The molecule has 0 bridgehead atoms. The van der Waals surface area contributed by atoms with Crippen molar-refractivity contribution in [3.63, 3.8) is 0 Å². The summed E-state index contributed by atoms with van der Waals surface area (Å²) in [5.74, 6) is -0.702. The monoisotopic (exact) mass is 479 g/mol. The van der Waals surface area contributed by atoms with Crippen molar-refractivity contribution in [3.05, 3.63) is 83.9 Å². The minimum atomic E-state index is -2.39. The zero-order chi connectivity index (χ0) is 24.8. The average molecular weight is 480 g/mol. The van der Waals surface area contributed by atoms with E-state index in [2.05, 4.69) is 45.3 Å². The third kappa shape index (κ3) is 6.67. The van der Waals surface area contributed by atoms with E-state index in [9.17, 15) is 9.59 Å². The molecule has 2 aromatic carbocycles. The molecule has 1 unspecified atom stereocenters. The highest BCUT2D eigenvalue weighted by atomic mass is 28.4. The fourth-order valence-corrected chi connectivity index (χ4v) is 4.87. The molecule has 5 nitrogen and oxygen atoms in total. The summed E-state index contributed by atoms with van der Waals surface area (Å²) in [6.45, 7) is 10.6. The standard InChI is InChI=1S/C28H37NO4Si/c1-28(2,3)34(4,5)33-25(27(31)32-23-19-13-8-14-20-23)24(21-15-9-6-10-16-21)29-26(30)22-17-11-7-12-18-22/h6-7,9-13,15-19,23-25H,8,14,20H2,1-5H3,(H,29,30)/t23?,24-,25+/m0/s1. The molecule has 1 amide bonds. The lowest BCUT2D eigenvalue weighted by molar-refractivity contribution is -0.158. The summed E-state index contributed by atoms with van der Waals surface area (Å²) in [4.78, 5) is 26.8. The number of carbonyl (C=O) groups is 2. The molecule has 2 aromatic rings. The summed E-state index contributed by atoms with van der Waals surface area (Å²) >= 11 is 0. The van der Waals surface area contributed by atoms with Crippen LogP contribution in [0.15, 0.2) is 72.8 Å². The van der Waals surface area contributed by atoms with Gasteiger partial charge in [-0.1, -0.05) is 75.4 Å². The molecule has 1 N–H and O–H groups in total. The highest BCUT2D eigenvalue weighted by Gasteiger charge is 2.44. The Morgan fingerprint density at radius 3 is 2.18 bits per heavy atom. The Morgan fingerprint density at radius 2 is 1.62 bits per heavy atom. The maximum Gasteiger partial charge on any atom is 0.337 e. The molecule has 0 aliphatic heterocycles. The Hall–Kier alpha value is -2.70. The van der Waals surface area contributed by atoms with E-state index in [0.29, 0.717) is 5.56 Å². The minimum Gasteiger partial charge on any atom is -0.456 e. The molecule has 0 heterocycles. The fraction of sp³-hybridized carbons (Fsp3) is 0.429. The Bertz CT molecular complexity index is 982. The van der Waals surface area contributed by atoms with Crippen LogP contribution in [-0.4, -0.2) is 32.4 Å². The van der Waals surface area contributed by atoms with Crippen LogP contribution in [0.3, 0.4) is 0 Å². The van der Waals surface area contributed by atoms with Crippen LogP contribution in [0.4, 0.5) is 0 Å². The van der Waals surface area contributed by atoms with E-state index in [4.69, 9.17) is 9.16 Å². The largest absolute Gasteiger partial charge is 0.456 e. The van der Waals surface area contributed by atoms with E-state index in [-0.39, 0.29) is 17.0 Å². The van der Waals surface area contributed by atoms with Crippen molar-refractivity contribution in [1.29, 1.82) is 0 Å². The number of benzene rings is 2. The van der Waals surface area contributed by atoms with Gasteiger partial charge in [-0.3, -0.25) is 4.79 Å². The lowest BCUT2D eigenvalue weighted by Gasteiger charge is -2.41. The molecule has 182 valence electrons. The van der Waals surface area contributed by atoms with E-state index < -0.39 is 26.4 Å². The summed E-state index contributed by atoms with van der Waals surface area (Å²) in [6.07, 6.45) is 5.54. The number of rotatable bonds is 8. The summed E-state index contributed by atoms with van der Waals surface area (Å²) in [5.41, 5.74) is 1.32. The molecule has 1 aliphatic rings. The smallest absolute Gasteiger partial charge is 0.337 e. The predicted octanol–water partition coefficient (Wildman–Crippen LogP) is 6.20. The zero-order valence-corrected chi connectivity index (χ0v) is 21.9. The second kappa shape index (κ2) is 11.1. The Morgan fingerprint density at radius 1 is 1.00 bits per heavy atom. The third-order valence-corrected chi connectivity index (χ3v) is 11.2. The lowest BCUT2D eigenvalue weighted by atomic mass is 10.00. The molecule has 0 saturated carbocycles.